The summed E-state index contributed by atoms with van der Waals surface area (Å²) in [5, 5.41) is 19.4. The van der Waals surface area contributed by atoms with Gasteiger partial charge >= 0.3 is 11.9 Å². The van der Waals surface area contributed by atoms with Gasteiger partial charge in [-0.2, -0.15) is 0 Å². The Hall–Kier alpha value is -1.63. The van der Waals surface area contributed by atoms with Gasteiger partial charge in [0.25, 0.3) is 0 Å². The van der Waals surface area contributed by atoms with E-state index < -0.39 is 11.9 Å². The van der Waals surface area contributed by atoms with Gasteiger partial charge < -0.3 is 25.1 Å². The summed E-state index contributed by atoms with van der Waals surface area (Å²) in [6.45, 7) is 3.12. The molecule has 1 rings (SSSR count). The highest BCUT2D eigenvalue weighted by atomic mass is 16.5. The number of nitrogens with two attached hydrogens (primary N) is 1. The van der Waals surface area contributed by atoms with Gasteiger partial charge in [0.15, 0.2) is 6.04 Å². The van der Waals surface area contributed by atoms with E-state index in [1.807, 2.05) is 0 Å². The van der Waals surface area contributed by atoms with Crippen LogP contribution in [-0.2, 0) is 19.1 Å². The van der Waals surface area contributed by atoms with Crippen molar-refractivity contribution in [1.82, 2.24) is 0 Å². The molecule has 0 unspecified atom stereocenters. The second-order valence-corrected chi connectivity index (χ2v) is 3.98. The normalized spacial score (nSPS) is 21.7. The van der Waals surface area contributed by atoms with E-state index in [1.165, 1.54) is 0 Å². The van der Waals surface area contributed by atoms with Crippen molar-refractivity contribution in [1.29, 1.82) is 0 Å². The van der Waals surface area contributed by atoms with Crippen LogP contribution in [0.25, 0.3) is 0 Å². The highest BCUT2D eigenvalue weighted by Gasteiger charge is 2.34. The largest absolute Gasteiger partial charge is 0.550 e. The fourth-order valence-corrected chi connectivity index (χ4v) is 1.72. The molecule has 7 heteroatoms. The number of hydrogen-bond acceptors (Lipinski definition) is 5. The molecule has 0 aromatic heterocycles. The number of rotatable bonds is 4. The van der Waals surface area contributed by atoms with E-state index in [9.17, 15) is 9.59 Å². The molecule has 0 radical (unpaired) electrons. The maximum Gasteiger partial charge on any atom is 0.362 e. The van der Waals surface area contributed by atoms with Crippen molar-refractivity contribution in [3.8, 4) is 0 Å². The smallest absolute Gasteiger partial charge is 0.362 e. The minimum absolute atomic E-state index is 0.0788. The molecular weight excluding hydrogens is 242 g/mol. The number of ether oxygens (including phenoxy) is 1. The number of carbonyl (C=O) groups is 3. The second-order valence-electron chi connectivity index (χ2n) is 3.98. The van der Waals surface area contributed by atoms with Crippen LogP contribution < -0.4 is 10.4 Å². The number of esters is 1. The molecule has 1 fully saturated rings. The van der Waals surface area contributed by atoms with Gasteiger partial charge in [-0.15, -0.1) is 0 Å². The van der Waals surface area contributed by atoms with Gasteiger partial charge in [-0.25, -0.2) is 4.79 Å². The van der Waals surface area contributed by atoms with E-state index in [1.54, 1.807) is 12.2 Å². The van der Waals surface area contributed by atoms with Gasteiger partial charge in [0, 0.05) is 18.8 Å². The lowest BCUT2D eigenvalue weighted by Crippen LogP contribution is -2.93. The topological polar surface area (TPSA) is 120 Å². The Kier molecular flexibility index (Phi) is 7.69. The van der Waals surface area contributed by atoms with Gasteiger partial charge in [-0.3, -0.25) is 4.79 Å². The van der Waals surface area contributed by atoms with Crippen molar-refractivity contribution in [3.63, 3.8) is 0 Å². The van der Waals surface area contributed by atoms with Crippen molar-refractivity contribution in [3.05, 3.63) is 0 Å². The molecule has 0 aliphatic carbocycles. The monoisotopic (exact) mass is 261 g/mol. The highest BCUT2D eigenvalue weighted by Crippen LogP contribution is 2.08. The van der Waals surface area contributed by atoms with Crippen LogP contribution in [0.5, 0.6) is 0 Å². The third-order valence-corrected chi connectivity index (χ3v) is 2.40. The van der Waals surface area contributed by atoms with Gasteiger partial charge in [0.05, 0.1) is 19.1 Å². The summed E-state index contributed by atoms with van der Waals surface area (Å²) in [6.07, 6.45) is 1.73. The Morgan fingerprint density at radius 2 is 1.94 bits per heavy atom. The zero-order chi connectivity index (χ0) is 14.1. The summed E-state index contributed by atoms with van der Waals surface area (Å²) in [5.74, 6) is -2.11. The van der Waals surface area contributed by atoms with Crippen LogP contribution in [0.3, 0.4) is 0 Å². The Morgan fingerprint density at radius 1 is 1.39 bits per heavy atom. The quantitative estimate of drug-likeness (QED) is 0.558. The molecule has 0 amide bonds. The molecular formula is C11H19NO6. The minimum Gasteiger partial charge on any atom is -0.550 e. The molecule has 2 atom stereocenters. The first kappa shape index (κ1) is 16.4. The highest BCUT2D eigenvalue weighted by molar-refractivity contribution is 5.72. The Morgan fingerprint density at radius 3 is 2.33 bits per heavy atom. The van der Waals surface area contributed by atoms with Gasteiger partial charge in [0.1, 0.15) is 0 Å². The molecule has 3 N–H and O–H groups in total. The van der Waals surface area contributed by atoms with Gasteiger partial charge in [-0.05, 0) is 13.8 Å². The van der Waals surface area contributed by atoms with Crippen molar-refractivity contribution in [2.45, 2.75) is 45.2 Å². The molecule has 1 aliphatic rings. The summed E-state index contributed by atoms with van der Waals surface area (Å²) in [7, 11) is 0. The van der Waals surface area contributed by atoms with Crippen LogP contribution >= 0.6 is 0 Å². The van der Waals surface area contributed by atoms with E-state index in [2.05, 4.69) is 0 Å². The number of carboxylic acids is 2. The Bertz CT molecular complexity index is 300. The molecule has 7 nitrogen and oxygen atoms in total. The average molecular weight is 261 g/mol. The number of carboxylic acid groups (broad SMARTS) is 2. The zero-order valence-corrected chi connectivity index (χ0v) is 10.5. The van der Waals surface area contributed by atoms with E-state index in [-0.39, 0.29) is 18.1 Å². The maximum atomic E-state index is 11.1. The van der Waals surface area contributed by atoms with Crippen LogP contribution in [0.15, 0.2) is 0 Å². The van der Waals surface area contributed by atoms with E-state index in [0.29, 0.717) is 19.4 Å². The third kappa shape index (κ3) is 7.61. The van der Waals surface area contributed by atoms with Crippen LogP contribution in [0, 0.1) is 0 Å². The van der Waals surface area contributed by atoms with Crippen LogP contribution in [0.4, 0.5) is 0 Å². The van der Waals surface area contributed by atoms with Gasteiger partial charge in [-0.1, -0.05) is 0 Å². The van der Waals surface area contributed by atoms with E-state index in [4.69, 9.17) is 19.7 Å². The number of hydrogen-bond donors (Lipinski definition) is 2. The SMILES string of the molecule is CC(=O)[O-].CCOC(=O)C[C@H]1CC[C@@H](C(=O)O)[NH2+]1. The summed E-state index contributed by atoms with van der Waals surface area (Å²) >= 11 is 0. The first-order chi connectivity index (χ1) is 8.36. The minimum atomic E-state index is -1.08. The number of aliphatic carboxylic acids is 2. The number of carbonyl (C=O) groups excluding carboxylic acids is 2. The van der Waals surface area contributed by atoms with Crippen LogP contribution in [0.1, 0.15) is 33.1 Å². The maximum absolute atomic E-state index is 11.1. The first-order valence-corrected chi connectivity index (χ1v) is 5.77. The zero-order valence-electron chi connectivity index (χ0n) is 10.5. The molecule has 0 spiro atoms. The lowest BCUT2D eigenvalue weighted by molar-refractivity contribution is -0.690. The molecule has 0 saturated carbocycles. The molecule has 0 aromatic rings. The molecule has 18 heavy (non-hydrogen) atoms. The van der Waals surface area contributed by atoms with Crippen LogP contribution in [-0.4, -0.2) is 41.7 Å². The Labute approximate surface area is 105 Å². The summed E-state index contributed by atoms with van der Waals surface area (Å²) < 4.78 is 4.79. The van der Waals surface area contributed by atoms with Crippen molar-refractivity contribution in [2.24, 2.45) is 0 Å². The summed E-state index contributed by atoms with van der Waals surface area (Å²) in [4.78, 5) is 30.6. The fourth-order valence-electron chi connectivity index (χ4n) is 1.72. The van der Waals surface area contributed by atoms with E-state index in [0.717, 1.165) is 13.3 Å². The molecule has 0 bridgehead atoms. The lowest BCUT2D eigenvalue weighted by atomic mass is 10.1. The summed E-state index contributed by atoms with van der Waals surface area (Å²) in [5.41, 5.74) is 0. The predicted molar refractivity (Wildman–Crippen MR) is 58.3 cm³/mol. The molecule has 0 aromatic carbocycles. The third-order valence-electron chi connectivity index (χ3n) is 2.40. The summed E-state index contributed by atoms with van der Waals surface area (Å²) in [6, 6.07) is -0.301. The fraction of sp³-hybridized carbons (Fsp3) is 0.727. The van der Waals surface area contributed by atoms with Crippen molar-refractivity contribution < 1.29 is 34.7 Å². The number of quaternary nitrogens is 1. The predicted octanol–water partition coefficient (Wildman–Crippen LogP) is -2.13. The molecule has 1 saturated heterocycles. The second kappa shape index (κ2) is 8.46. The standard InChI is InChI=1S/C9H15NO4.C2H4O2/c1-2-14-8(11)5-6-3-4-7(10-6)9(12)13;1-2(3)4/h6-7,10H,2-5H2,1H3,(H,12,13);1H3,(H,3,4)/t6-,7+;/m1./s1. The molecule has 104 valence electrons. The van der Waals surface area contributed by atoms with E-state index >= 15 is 0 Å². The molecule has 1 heterocycles. The van der Waals surface area contributed by atoms with Gasteiger partial charge in [0.2, 0.25) is 0 Å². The van der Waals surface area contributed by atoms with Crippen molar-refractivity contribution >= 4 is 17.9 Å². The average Bonchev–Trinajstić information content (AvgIpc) is 2.65. The first-order valence-electron chi connectivity index (χ1n) is 5.77. The van der Waals surface area contributed by atoms with Crippen LogP contribution in [0.2, 0.25) is 0 Å². The lowest BCUT2D eigenvalue weighted by Gasteiger charge is -2.07. The Balaban J connectivity index is 0.000000631. The van der Waals surface area contributed by atoms with Crippen molar-refractivity contribution in [2.75, 3.05) is 6.61 Å². The molecule has 1 aliphatic heterocycles.